The highest BCUT2D eigenvalue weighted by atomic mass is 16.4. The molecule has 0 bridgehead atoms. The summed E-state index contributed by atoms with van der Waals surface area (Å²) in [5.41, 5.74) is 6.17. The number of carboxylic acid groups (broad SMARTS) is 7. The molecule has 1 heterocycles. The van der Waals surface area contributed by atoms with Crippen molar-refractivity contribution in [3.63, 3.8) is 0 Å². The van der Waals surface area contributed by atoms with Crippen molar-refractivity contribution in [2.24, 2.45) is 11.7 Å². The summed E-state index contributed by atoms with van der Waals surface area (Å²) >= 11 is 0. The number of phenolic OH excluding ortho intramolecular Hbond substituents is 1. The Morgan fingerprint density at radius 2 is 0.945 bits per heavy atom. The summed E-state index contributed by atoms with van der Waals surface area (Å²) in [7, 11) is 0. The van der Waals surface area contributed by atoms with Gasteiger partial charge in [0.05, 0.1) is 18.9 Å². The van der Waals surface area contributed by atoms with Gasteiger partial charge in [0.1, 0.15) is 48.0 Å². The first-order valence-electron chi connectivity index (χ1n) is 22.2. The highest BCUT2D eigenvalue weighted by Gasteiger charge is 2.41. The molecule has 0 spiro atoms. The first kappa shape index (κ1) is 60.7. The van der Waals surface area contributed by atoms with Gasteiger partial charge < -0.3 is 83.4 Å². The Hall–Kier alpha value is -8.44. The number of phenols is 1. The lowest BCUT2D eigenvalue weighted by atomic mass is 9.91. The number of nitrogens with one attached hydrogen (secondary N) is 6. The number of carbonyl (C=O) groups excluding carboxylic acids is 7. The van der Waals surface area contributed by atoms with E-state index in [0.717, 1.165) is 4.90 Å². The number of fused-ring (bicyclic) bond motifs is 1. The van der Waals surface area contributed by atoms with Crippen LogP contribution in [0.15, 0.2) is 18.2 Å². The molecule has 1 aliphatic rings. The number of nitrogens with zero attached hydrogens (tertiary/aromatic N) is 1. The monoisotopic (exact) mass is 1040 g/mol. The Morgan fingerprint density at radius 1 is 0.534 bits per heavy atom. The molecule has 0 radical (unpaired) electrons. The minimum Gasteiger partial charge on any atom is -0.508 e. The zero-order valence-corrected chi connectivity index (χ0v) is 39.2. The number of aliphatic carboxylic acids is 7. The van der Waals surface area contributed by atoms with Crippen molar-refractivity contribution in [1.82, 2.24) is 36.8 Å². The number of hydrogen-bond acceptors (Lipinski definition) is 16. The van der Waals surface area contributed by atoms with Crippen molar-refractivity contribution in [2.45, 2.75) is 139 Å². The van der Waals surface area contributed by atoms with E-state index in [9.17, 15) is 103 Å². The van der Waals surface area contributed by atoms with Crippen LogP contribution in [0.1, 0.15) is 89.2 Å². The second-order valence-electron chi connectivity index (χ2n) is 17.0. The fourth-order valence-electron chi connectivity index (χ4n) is 7.14. The number of benzene rings is 1. The van der Waals surface area contributed by atoms with E-state index in [-0.39, 0.29) is 16.9 Å². The molecule has 73 heavy (non-hydrogen) atoms. The normalized spacial score (nSPS) is 15.7. The van der Waals surface area contributed by atoms with Gasteiger partial charge >= 0.3 is 41.8 Å². The molecule has 16 N–H and O–H groups in total. The number of carbonyl (C=O) groups is 14. The molecule has 1 aliphatic heterocycles. The van der Waals surface area contributed by atoms with Crippen molar-refractivity contribution in [2.75, 3.05) is 0 Å². The van der Waals surface area contributed by atoms with E-state index in [0.29, 0.717) is 0 Å². The second kappa shape index (κ2) is 28.4. The minimum atomic E-state index is -2.20. The number of hydrogen-bond donors (Lipinski definition) is 15. The summed E-state index contributed by atoms with van der Waals surface area (Å²) in [6.07, 6.45) is -8.54. The summed E-state index contributed by atoms with van der Waals surface area (Å²) in [4.78, 5) is 178. The van der Waals surface area contributed by atoms with E-state index >= 15 is 0 Å². The molecular weight excluding hydrogens is 981 g/mol. The van der Waals surface area contributed by atoms with Gasteiger partial charge in [0, 0.05) is 38.6 Å². The number of nitrogens with two attached hydrogens (primary N) is 1. The zero-order chi connectivity index (χ0) is 55.4. The lowest BCUT2D eigenvalue weighted by Crippen LogP contribution is -2.62. The van der Waals surface area contributed by atoms with Gasteiger partial charge in [-0.2, -0.15) is 0 Å². The molecule has 8 atom stereocenters. The predicted molar refractivity (Wildman–Crippen MR) is 240 cm³/mol. The van der Waals surface area contributed by atoms with Gasteiger partial charge in [-0.05, 0) is 54.9 Å². The third-order valence-corrected chi connectivity index (χ3v) is 11.0. The Kier molecular flexibility index (Phi) is 23.6. The van der Waals surface area contributed by atoms with Crippen LogP contribution < -0.4 is 37.6 Å². The van der Waals surface area contributed by atoms with Crippen LogP contribution in [-0.4, -0.2) is 177 Å². The van der Waals surface area contributed by atoms with Crippen molar-refractivity contribution < 1.29 is 108 Å². The second-order valence-corrected chi connectivity index (χ2v) is 17.0. The zero-order valence-electron chi connectivity index (χ0n) is 39.2. The minimum absolute atomic E-state index is 0.237. The molecule has 1 unspecified atom stereocenters. The Bertz CT molecular complexity index is 2310. The Morgan fingerprint density at radius 3 is 1.41 bits per heavy atom. The largest absolute Gasteiger partial charge is 0.508 e. The Labute approximate surface area is 413 Å². The van der Waals surface area contributed by atoms with E-state index in [1.807, 2.05) is 10.6 Å². The van der Waals surface area contributed by atoms with Crippen LogP contribution in [-0.2, 0) is 80.1 Å². The SMILES string of the molecule is CC(C)[C@H](NC(=O)[C@H](CCC(=O)O)NC(=O)[C@H](CCC(=O)O)NC(=O)C1Cc2cc(O)ccc2CN1C(=O)[C@H](CCC(=O)O)NC(=O)[C@H](CC(=O)O)NC(=O)[C@H](CC(=O)O)NC(=O)[C@@H](N)CCC(=O)O)C(=O)O. The molecular formula is C43H58N8O22. The molecule has 0 fully saturated rings. The Balaban J connectivity index is 2.60. The quantitative estimate of drug-likeness (QED) is 0.0337. The van der Waals surface area contributed by atoms with Gasteiger partial charge in [-0.1, -0.05) is 19.9 Å². The van der Waals surface area contributed by atoms with Crippen molar-refractivity contribution >= 4 is 83.1 Å². The van der Waals surface area contributed by atoms with Crippen LogP contribution in [0.25, 0.3) is 0 Å². The number of amides is 7. The van der Waals surface area contributed by atoms with Gasteiger partial charge in [0.15, 0.2) is 0 Å². The highest BCUT2D eigenvalue weighted by Crippen LogP contribution is 2.28. The third-order valence-electron chi connectivity index (χ3n) is 11.0. The average Bonchev–Trinajstić information content (AvgIpc) is 3.28. The van der Waals surface area contributed by atoms with Crippen molar-refractivity contribution in [3.8, 4) is 5.75 Å². The van der Waals surface area contributed by atoms with Gasteiger partial charge in [0.2, 0.25) is 41.4 Å². The molecule has 0 saturated carbocycles. The summed E-state index contributed by atoms with van der Waals surface area (Å²) in [6, 6.07) is -11.0. The van der Waals surface area contributed by atoms with Crippen molar-refractivity contribution in [1.29, 1.82) is 0 Å². The van der Waals surface area contributed by atoms with Gasteiger partial charge in [0.25, 0.3) is 0 Å². The summed E-state index contributed by atoms with van der Waals surface area (Å²) in [5, 5.41) is 89.0. The third kappa shape index (κ3) is 20.4. The first-order chi connectivity index (χ1) is 34.0. The van der Waals surface area contributed by atoms with E-state index in [1.165, 1.54) is 32.0 Å². The summed E-state index contributed by atoms with van der Waals surface area (Å²) < 4.78 is 0. The first-order valence-corrected chi connectivity index (χ1v) is 22.2. The lowest BCUT2D eigenvalue weighted by molar-refractivity contribution is -0.147. The van der Waals surface area contributed by atoms with Gasteiger partial charge in [-0.3, -0.25) is 62.3 Å². The molecule has 2 rings (SSSR count). The maximum absolute atomic E-state index is 14.6. The van der Waals surface area contributed by atoms with Gasteiger partial charge in [-0.15, -0.1) is 0 Å². The molecule has 1 aromatic carbocycles. The van der Waals surface area contributed by atoms with E-state index in [1.54, 1.807) is 0 Å². The van der Waals surface area contributed by atoms with Crippen LogP contribution in [0.3, 0.4) is 0 Å². The number of aromatic hydroxyl groups is 1. The molecule has 7 amide bonds. The van der Waals surface area contributed by atoms with Crippen LogP contribution in [0.5, 0.6) is 5.75 Å². The number of carboxylic acids is 7. The fraction of sp³-hybridized carbons (Fsp3) is 0.535. The molecule has 0 saturated heterocycles. The maximum Gasteiger partial charge on any atom is 0.326 e. The molecule has 1 aromatic rings. The van der Waals surface area contributed by atoms with E-state index in [2.05, 4.69) is 21.3 Å². The van der Waals surface area contributed by atoms with E-state index in [4.69, 9.17) is 10.8 Å². The molecule has 0 aromatic heterocycles. The smallest absolute Gasteiger partial charge is 0.326 e. The average molecular weight is 1040 g/mol. The lowest BCUT2D eigenvalue weighted by Gasteiger charge is -2.39. The summed E-state index contributed by atoms with van der Waals surface area (Å²) in [6.45, 7) is 2.34. The molecule has 402 valence electrons. The standard InChI is InChI=1S/C43H58N8O22/c1-18(2)35(43(72)73)50-38(67)24(7-11-31(57)58)45-37(66)23(6-10-30(55)56)46-41(70)28-14-20-13-21(52)4-3-19(20)17-51(28)42(71)25(8-12-32(59)60)47-39(68)27(16-34(63)64)49-40(69)26(15-33(61)62)48-36(65)22(44)5-9-29(53)54/h3-4,13,18,22-28,35,52H,5-12,14-17,44H2,1-2H3,(H,45,66)(H,46,70)(H,47,68)(H,48,65)(H,49,69)(H,50,67)(H,53,54)(H,55,56)(H,57,58)(H,59,60)(H,61,62)(H,63,64)(H,72,73)/t22-,23-,24-,25-,26-,27-,28?,35-/m0/s1. The van der Waals surface area contributed by atoms with Crippen LogP contribution in [0.2, 0.25) is 0 Å². The predicted octanol–water partition coefficient (Wildman–Crippen LogP) is -3.97. The van der Waals surface area contributed by atoms with Crippen LogP contribution >= 0.6 is 0 Å². The van der Waals surface area contributed by atoms with Crippen molar-refractivity contribution in [3.05, 3.63) is 29.3 Å². The van der Waals surface area contributed by atoms with Crippen LogP contribution in [0, 0.1) is 5.92 Å². The maximum atomic E-state index is 14.6. The number of rotatable bonds is 31. The molecule has 30 heteroatoms. The van der Waals surface area contributed by atoms with Gasteiger partial charge in [-0.25, -0.2) is 4.79 Å². The topological polar surface area (TPSA) is 502 Å². The summed E-state index contributed by atoms with van der Waals surface area (Å²) in [5.74, 6) is -20.8. The fourth-order valence-corrected chi connectivity index (χ4v) is 7.14. The highest BCUT2D eigenvalue weighted by molar-refractivity contribution is 5.99. The molecule has 0 aliphatic carbocycles. The van der Waals surface area contributed by atoms with E-state index < -0.39 is 215 Å². The molecule has 30 nitrogen and oxygen atoms in total. The van der Waals surface area contributed by atoms with Crippen LogP contribution in [0.4, 0.5) is 0 Å².